The quantitative estimate of drug-likeness (QED) is 0.869. The summed E-state index contributed by atoms with van der Waals surface area (Å²) in [7, 11) is 0. The molecule has 2 aromatic rings. The summed E-state index contributed by atoms with van der Waals surface area (Å²) in [5.74, 6) is 0. The van der Waals surface area contributed by atoms with E-state index in [1.807, 2.05) is 0 Å². The Morgan fingerprint density at radius 3 is 2.63 bits per heavy atom. The molecule has 3 rings (SSSR count). The van der Waals surface area contributed by atoms with Crippen LogP contribution < -0.4 is 5.32 Å². The molecular weight excluding hydrogens is 230 g/mol. The molecule has 0 spiro atoms. The highest BCUT2D eigenvalue weighted by Gasteiger charge is 2.22. The highest BCUT2D eigenvalue weighted by Crippen LogP contribution is 2.31. The predicted octanol–water partition coefficient (Wildman–Crippen LogP) is 3.89. The van der Waals surface area contributed by atoms with E-state index in [1.165, 1.54) is 29.5 Å². The lowest BCUT2D eigenvalue weighted by Crippen LogP contribution is -2.31. The van der Waals surface area contributed by atoms with Crippen LogP contribution >= 0.6 is 0 Å². The first-order valence-corrected chi connectivity index (χ1v) is 7.21. The van der Waals surface area contributed by atoms with Gasteiger partial charge < -0.3 is 5.32 Å². The van der Waals surface area contributed by atoms with E-state index in [9.17, 15) is 0 Å². The number of benzene rings is 2. The normalized spacial score (nSPS) is 19.1. The largest absolute Gasteiger partial charge is 0.307 e. The number of fused-ring (bicyclic) bond motifs is 1. The second kappa shape index (κ2) is 5.58. The zero-order valence-electron chi connectivity index (χ0n) is 11.5. The third kappa shape index (κ3) is 2.87. The van der Waals surface area contributed by atoms with Crippen molar-refractivity contribution in [3.8, 4) is 0 Å². The molecule has 2 unspecified atom stereocenters. The van der Waals surface area contributed by atoms with E-state index in [2.05, 4.69) is 66.8 Å². The molecule has 0 saturated carbocycles. The van der Waals surface area contributed by atoms with Gasteiger partial charge in [-0.1, -0.05) is 54.6 Å². The summed E-state index contributed by atoms with van der Waals surface area (Å²) >= 11 is 0. The topological polar surface area (TPSA) is 12.0 Å². The molecule has 0 bridgehead atoms. The van der Waals surface area contributed by atoms with Crippen molar-refractivity contribution in [2.45, 2.75) is 38.3 Å². The van der Waals surface area contributed by atoms with E-state index in [1.54, 1.807) is 0 Å². The van der Waals surface area contributed by atoms with Crippen molar-refractivity contribution in [1.29, 1.82) is 0 Å². The van der Waals surface area contributed by atoms with Gasteiger partial charge in [-0.25, -0.2) is 0 Å². The van der Waals surface area contributed by atoms with Gasteiger partial charge in [-0.2, -0.15) is 0 Å². The van der Waals surface area contributed by atoms with E-state index < -0.39 is 0 Å². The van der Waals surface area contributed by atoms with E-state index >= 15 is 0 Å². The van der Waals surface area contributed by atoms with Crippen molar-refractivity contribution in [1.82, 2.24) is 5.32 Å². The fraction of sp³-hybridized carbons (Fsp3) is 0.333. The minimum Gasteiger partial charge on any atom is -0.307 e. The van der Waals surface area contributed by atoms with Crippen molar-refractivity contribution in [3.63, 3.8) is 0 Å². The molecular formula is C18H21N. The number of rotatable bonds is 4. The van der Waals surface area contributed by atoms with Crippen molar-refractivity contribution in [3.05, 3.63) is 71.3 Å². The lowest BCUT2D eigenvalue weighted by molar-refractivity contribution is 0.451. The monoisotopic (exact) mass is 251 g/mol. The number of hydrogen-bond donors (Lipinski definition) is 1. The van der Waals surface area contributed by atoms with E-state index in [0.29, 0.717) is 12.1 Å². The summed E-state index contributed by atoms with van der Waals surface area (Å²) in [5.41, 5.74) is 4.43. The zero-order chi connectivity index (χ0) is 13.1. The van der Waals surface area contributed by atoms with Crippen LogP contribution in [0.15, 0.2) is 54.6 Å². The van der Waals surface area contributed by atoms with Crippen LogP contribution in [0, 0.1) is 0 Å². The summed E-state index contributed by atoms with van der Waals surface area (Å²) in [6, 6.07) is 20.6. The van der Waals surface area contributed by atoms with Crippen LogP contribution in [0.1, 0.15) is 36.1 Å². The van der Waals surface area contributed by atoms with Crippen molar-refractivity contribution >= 4 is 0 Å². The lowest BCUT2D eigenvalue weighted by atomic mass is 10.0. The second-order valence-corrected chi connectivity index (χ2v) is 5.55. The average molecular weight is 251 g/mol. The molecule has 98 valence electrons. The van der Waals surface area contributed by atoms with Crippen molar-refractivity contribution in [2.75, 3.05) is 0 Å². The third-order valence-electron chi connectivity index (χ3n) is 4.00. The molecule has 1 aliphatic rings. The van der Waals surface area contributed by atoms with Gasteiger partial charge in [0.2, 0.25) is 0 Å². The van der Waals surface area contributed by atoms with E-state index in [-0.39, 0.29) is 0 Å². The van der Waals surface area contributed by atoms with Crippen LogP contribution in [0.2, 0.25) is 0 Å². The number of nitrogens with one attached hydrogen (secondary N) is 1. The smallest absolute Gasteiger partial charge is 0.0328 e. The minimum atomic E-state index is 0.513. The maximum Gasteiger partial charge on any atom is 0.0328 e. The first kappa shape index (κ1) is 12.4. The fourth-order valence-electron chi connectivity index (χ4n) is 3.10. The molecule has 0 amide bonds. The maximum absolute atomic E-state index is 3.78. The van der Waals surface area contributed by atoms with Crippen LogP contribution in [0.4, 0.5) is 0 Å². The van der Waals surface area contributed by atoms with Crippen LogP contribution in [0.3, 0.4) is 0 Å². The van der Waals surface area contributed by atoms with Gasteiger partial charge in [0, 0.05) is 12.1 Å². The Balaban J connectivity index is 1.63. The minimum absolute atomic E-state index is 0.513. The molecule has 0 aliphatic heterocycles. The average Bonchev–Trinajstić information content (AvgIpc) is 2.83. The Morgan fingerprint density at radius 1 is 1.05 bits per heavy atom. The Labute approximate surface area is 115 Å². The Kier molecular flexibility index (Phi) is 3.65. The van der Waals surface area contributed by atoms with Crippen LogP contribution in [-0.4, -0.2) is 6.04 Å². The first-order chi connectivity index (χ1) is 9.33. The molecule has 2 atom stereocenters. The Hall–Kier alpha value is -1.60. The highest BCUT2D eigenvalue weighted by atomic mass is 14.9. The van der Waals surface area contributed by atoms with E-state index in [0.717, 1.165) is 6.42 Å². The van der Waals surface area contributed by atoms with Gasteiger partial charge in [0.15, 0.2) is 0 Å². The molecule has 0 aromatic heterocycles. The molecule has 1 N–H and O–H groups in total. The Bertz CT molecular complexity index is 532. The molecule has 19 heavy (non-hydrogen) atoms. The molecule has 0 saturated heterocycles. The molecule has 0 heterocycles. The highest BCUT2D eigenvalue weighted by molar-refractivity contribution is 5.34. The van der Waals surface area contributed by atoms with Gasteiger partial charge in [-0.3, -0.25) is 0 Å². The summed E-state index contributed by atoms with van der Waals surface area (Å²) in [4.78, 5) is 0. The van der Waals surface area contributed by atoms with E-state index in [4.69, 9.17) is 0 Å². The molecule has 1 heteroatoms. The molecule has 1 nitrogen and oxygen atoms in total. The molecule has 0 fully saturated rings. The van der Waals surface area contributed by atoms with Gasteiger partial charge in [0.1, 0.15) is 0 Å². The van der Waals surface area contributed by atoms with Gasteiger partial charge in [-0.15, -0.1) is 0 Å². The van der Waals surface area contributed by atoms with Gasteiger partial charge in [0.25, 0.3) is 0 Å². The predicted molar refractivity (Wildman–Crippen MR) is 80.2 cm³/mol. The number of hydrogen-bond acceptors (Lipinski definition) is 1. The van der Waals surface area contributed by atoms with Crippen LogP contribution in [0.25, 0.3) is 0 Å². The summed E-state index contributed by atoms with van der Waals surface area (Å²) in [5, 5.41) is 3.78. The SMILES string of the molecule is CC(Cc1ccccc1)NC1CCc2ccccc21. The zero-order valence-corrected chi connectivity index (χ0v) is 11.5. The second-order valence-electron chi connectivity index (χ2n) is 5.55. The molecule has 1 aliphatic carbocycles. The molecule has 0 radical (unpaired) electrons. The van der Waals surface area contributed by atoms with Crippen LogP contribution in [0.5, 0.6) is 0 Å². The first-order valence-electron chi connectivity index (χ1n) is 7.21. The van der Waals surface area contributed by atoms with Gasteiger partial charge >= 0.3 is 0 Å². The van der Waals surface area contributed by atoms with Gasteiger partial charge in [-0.05, 0) is 42.9 Å². The Morgan fingerprint density at radius 2 is 1.79 bits per heavy atom. The summed E-state index contributed by atoms with van der Waals surface area (Å²) in [6.07, 6.45) is 3.55. The summed E-state index contributed by atoms with van der Waals surface area (Å²) in [6.45, 7) is 2.29. The standard InChI is InChI=1S/C18H21N/c1-14(13-15-7-3-2-4-8-15)19-18-12-11-16-9-5-6-10-17(16)18/h2-10,14,18-19H,11-13H2,1H3. The van der Waals surface area contributed by atoms with Crippen molar-refractivity contribution < 1.29 is 0 Å². The number of aryl methyl sites for hydroxylation is 1. The van der Waals surface area contributed by atoms with Crippen molar-refractivity contribution in [2.24, 2.45) is 0 Å². The fourth-order valence-corrected chi connectivity index (χ4v) is 3.10. The third-order valence-corrected chi connectivity index (χ3v) is 4.00. The summed E-state index contributed by atoms with van der Waals surface area (Å²) < 4.78 is 0. The van der Waals surface area contributed by atoms with Gasteiger partial charge in [0.05, 0.1) is 0 Å². The lowest BCUT2D eigenvalue weighted by Gasteiger charge is -2.20. The molecule has 2 aromatic carbocycles. The van der Waals surface area contributed by atoms with Crippen LogP contribution in [-0.2, 0) is 12.8 Å². The maximum atomic E-state index is 3.78.